The number of thiocarbonyl (C=S) groups is 1. The summed E-state index contributed by atoms with van der Waals surface area (Å²) in [6, 6.07) is 11.2. The Labute approximate surface area is 134 Å². The lowest BCUT2D eigenvalue weighted by atomic mass is 10.2. The number of carbonyl (C=O) groups excluding carboxylic acids is 1. The van der Waals surface area contributed by atoms with Crippen molar-refractivity contribution in [3.8, 4) is 0 Å². The molecule has 0 saturated carbocycles. The number of amides is 1. The van der Waals surface area contributed by atoms with Crippen molar-refractivity contribution < 1.29 is 9.21 Å². The average molecular weight is 315 g/mol. The number of hydrogen-bond donors (Lipinski definition) is 2. The molecule has 1 aromatic carbocycles. The molecular weight excluding hydrogens is 298 g/mol. The first-order valence-electron chi connectivity index (χ1n) is 6.65. The number of carbonyl (C=O) groups is 1. The minimum absolute atomic E-state index is 0.242. The lowest BCUT2D eigenvalue weighted by Crippen LogP contribution is -2.32. The first-order valence-corrected chi connectivity index (χ1v) is 7.06. The Balaban J connectivity index is 1.85. The van der Waals surface area contributed by atoms with E-state index in [1.54, 1.807) is 24.5 Å². The molecule has 0 saturated heterocycles. The van der Waals surface area contributed by atoms with E-state index in [2.05, 4.69) is 10.6 Å². The second-order valence-electron chi connectivity index (χ2n) is 4.73. The van der Waals surface area contributed by atoms with Gasteiger partial charge < -0.3 is 14.6 Å². The van der Waals surface area contributed by atoms with E-state index in [-0.39, 0.29) is 11.0 Å². The lowest BCUT2D eigenvalue weighted by Gasteiger charge is -2.13. The monoisotopic (exact) mass is 315 g/mol. The summed E-state index contributed by atoms with van der Waals surface area (Å²) >= 11 is 5.10. The Morgan fingerprint density at radius 2 is 1.95 bits per heavy atom. The zero-order valence-electron chi connectivity index (χ0n) is 12.4. The molecule has 0 atom stereocenters. The van der Waals surface area contributed by atoms with Crippen LogP contribution in [0.5, 0.6) is 0 Å². The number of benzene rings is 1. The molecule has 5 nitrogen and oxygen atoms in total. The topological polar surface area (TPSA) is 57.5 Å². The summed E-state index contributed by atoms with van der Waals surface area (Å²) in [5, 5.41) is 5.77. The molecule has 0 aliphatic heterocycles. The summed E-state index contributed by atoms with van der Waals surface area (Å²) in [4.78, 5) is 13.7. The highest BCUT2D eigenvalue weighted by Crippen LogP contribution is 2.15. The van der Waals surface area contributed by atoms with E-state index in [9.17, 15) is 4.79 Å². The van der Waals surface area contributed by atoms with Crippen LogP contribution >= 0.6 is 12.2 Å². The van der Waals surface area contributed by atoms with Crippen LogP contribution in [-0.4, -0.2) is 25.1 Å². The van der Waals surface area contributed by atoms with Crippen LogP contribution in [0.15, 0.2) is 53.2 Å². The van der Waals surface area contributed by atoms with E-state index in [4.69, 9.17) is 16.6 Å². The number of hydrogen-bond acceptors (Lipinski definition) is 4. The molecule has 6 heteroatoms. The lowest BCUT2D eigenvalue weighted by molar-refractivity contribution is -0.115. The number of anilines is 2. The molecule has 0 radical (unpaired) electrons. The maximum atomic E-state index is 11.7. The average Bonchev–Trinajstić information content (AvgIpc) is 2.99. The Morgan fingerprint density at radius 1 is 1.23 bits per heavy atom. The third-order valence-corrected chi connectivity index (χ3v) is 3.02. The van der Waals surface area contributed by atoms with E-state index in [1.165, 1.54) is 6.08 Å². The first-order chi connectivity index (χ1) is 10.5. The molecule has 1 aromatic heterocycles. The van der Waals surface area contributed by atoms with Crippen molar-refractivity contribution in [3.05, 3.63) is 54.5 Å². The van der Waals surface area contributed by atoms with Crippen molar-refractivity contribution in [2.75, 3.05) is 24.3 Å². The number of nitrogens with one attached hydrogen (secondary N) is 2. The summed E-state index contributed by atoms with van der Waals surface area (Å²) < 4.78 is 5.10. The standard InChI is InChI=1S/C16H17N3O2S/c1-19(2)13-7-5-12(6-8-13)17-16(22)18-15(20)10-9-14-4-3-11-21-14/h3-11H,1-2H3,(H2,17,18,20,22)/b10-9+. The predicted molar refractivity (Wildman–Crippen MR) is 92.9 cm³/mol. The first kappa shape index (κ1) is 15.8. The Bertz CT molecular complexity index is 661. The molecule has 114 valence electrons. The minimum atomic E-state index is -0.321. The van der Waals surface area contributed by atoms with E-state index in [0.717, 1.165) is 11.4 Å². The smallest absolute Gasteiger partial charge is 0.250 e. The molecule has 0 bridgehead atoms. The zero-order chi connectivity index (χ0) is 15.9. The van der Waals surface area contributed by atoms with Gasteiger partial charge >= 0.3 is 0 Å². The molecule has 0 aliphatic carbocycles. The Kier molecular flexibility index (Phi) is 5.32. The van der Waals surface area contributed by atoms with E-state index in [1.807, 2.05) is 43.3 Å². The molecular formula is C16H17N3O2S. The Hall–Kier alpha value is -2.60. The SMILES string of the molecule is CN(C)c1ccc(NC(=S)NC(=O)/C=C/c2ccco2)cc1. The van der Waals surface area contributed by atoms with Crippen LogP contribution < -0.4 is 15.5 Å². The normalized spacial score (nSPS) is 10.5. The second kappa shape index (κ2) is 7.42. The third kappa shape index (κ3) is 4.75. The fourth-order valence-corrected chi connectivity index (χ4v) is 1.92. The molecule has 1 amide bonds. The van der Waals surface area contributed by atoms with Gasteiger partial charge in [-0.25, -0.2) is 0 Å². The molecule has 2 rings (SSSR count). The maximum absolute atomic E-state index is 11.7. The highest BCUT2D eigenvalue weighted by molar-refractivity contribution is 7.80. The summed E-state index contributed by atoms with van der Waals surface area (Å²) in [6.07, 6.45) is 4.48. The van der Waals surface area contributed by atoms with Crippen LogP contribution in [0, 0.1) is 0 Å². The largest absolute Gasteiger partial charge is 0.465 e. The maximum Gasteiger partial charge on any atom is 0.250 e. The van der Waals surface area contributed by atoms with Gasteiger partial charge in [0.15, 0.2) is 5.11 Å². The molecule has 22 heavy (non-hydrogen) atoms. The van der Waals surface area contributed by atoms with Gasteiger partial charge in [0.25, 0.3) is 0 Å². The predicted octanol–water partition coefficient (Wildman–Crippen LogP) is 2.87. The van der Waals surface area contributed by atoms with Gasteiger partial charge in [-0.15, -0.1) is 0 Å². The fraction of sp³-hybridized carbons (Fsp3) is 0.125. The molecule has 2 aromatic rings. The van der Waals surface area contributed by atoms with Crippen LogP contribution in [0.1, 0.15) is 5.76 Å². The molecule has 0 spiro atoms. The van der Waals surface area contributed by atoms with Crippen LogP contribution in [0.2, 0.25) is 0 Å². The van der Waals surface area contributed by atoms with Gasteiger partial charge in [0, 0.05) is 31.5 Å². The highest BCUT2D eigenvalue weighted by atomic mass is 32.1. The number of nitrogens with zero attached hydrogens (tertiary/aromatic N) is 1. The molecule has 0 aliphatic rings. The summed E-state index contributed by atoms with van der Waals surface area (Å²) in [7, 11) is 3.94. The number of furan rings is 1. The minimum Gasteiger partial charge on any atom is -0.465 e. The van der Waals surface area contributed by atoms with Gasteiger partial charge in [-0.2, -0.15) is 0 Å². The van der Waals surface area contributed by atoms with Gasteiger partial charge in [-0.05, 0) is 54.7 Å². The van der Waals surface area contributed by atoms with Crippen molar-refractivity contribution in [2.45, 2.75) is 0 Å². The van der Waals surface area contributed by atoms with Gasteiger partial charge in [-0.3, -0.25) is 10.1 Å². The van der Waals surface area contributed by atoms with E-state index < -0.39 is 0 Å². The Morgan fingerprint density at radius 3 is 2.55 bits per heavy atom. The summed E-state index contributed by atoms with van der Waals surface area (Å²) in [6.45, 7) is 0. The number of rotatable bonds is 4. The quantitative estimate of drug-likeness (QED) is 0.671. The van der Waals surface area contributed by atoms with Crippen LogP contribution in [0.3, 0.4) is 0 Å². The van der Waals surface area contributed by atoms with Crippen LogP contribution in [0.25, 0.3) is 6.08 Å². The van der Waals surface area contributed by atoms with Crippen molar-refractivity contribution in [1.29, 1.82) is 0 Å². The van der Waals surface area contributed by atoms with Gasteiger partial charge in [-0.1, -0.05) is 0 Å². The fourth-order valence-electron chi connectivity index (χ4n) is 1.70. The van der Waals surface area contributed by atoms with Crippen LogP contribution in [0.4, 0.5) is 11.4 Å². The summed E-state index contributed by atoms with van der Waals surface area (Å²) in [5.74, 6) is 0.284. The van der Waals surface area contributed by atoms with Gasteiger partial charge in [0.2, 0.25) is 5.91 Å². The molecule has 0 fully saturated rings. The molecule has 1 heterocycles. The summed E-state index contributed by atoms with van der Waals surface area (Å²) in [5.41, 5.74) is 1.90. The van der Waals surface area contributed by atoms with Gasteiger partial charge in [0.1, 0.15) is 5.76 Å². The van der Waals surface area contributed by atoms with Crippen molar-refractivity contribution in [2.24, 2.45) is 0 Å². The third-order valence-electron chi connectivity index (χ3n) is 2.82. The van der Waals surface area contributed by atoms with Crippen molar-refractivity contribution in [1.82, 2.24) is 5.32 Å². The van der Waals surface area contributed by atoms with E-state index >= 15 is 0 Å². The van der Waals surface area contributed by atoms with Gasteiger partial charge in [0.05, 0.1) is 6.26 Å². The zero-order valence-corrected chi connectivity index (χ0v) is 13.2. The highest BCUT2D eigenvalue weighted by Gasteiger charge is 2.02. The van der Waals surface area contributed by atoms with Crippen molar-refractivity contribution in [3.63, 3.8) is 0 Å². The van der Waals surface area contributed by atoms with Crippen LogP contribution in [-0.2, 0) is 4.79 Å². The van der Waals surface area contributed by atoms with Crippen molar-refractivity contribution >= 4 is 40.7 Å². The van der Waals surface area contributed by atoms with E-state index in [0.29, 0.717) is 5.76 Å². The second-order valence-corrected chi connectivity index (χ2v) is 5.14. The molecule has 0 unspecified atom stereocenters. The molecule has 2 N–H and O–H groups in total.